The van der Waals surface area contributed by atoms with Gasteiger partial charge in [0, 0.05) is 11.8 Å². The molecular formula is C19H21N. The highest BCUT2D eigenvalue weighted by molar-refractivity contribution is 5.80. The van der Waals surface area contributed by atoms with Crippen molar-refractivity contribution in [2.24, 2.45) is 4.99 Å². The smallest absolute Gasteiger partial charge is 0.0706 e. The molecule has 0 amide bonds. The van der Waals surface area contributed by atoms with E-state index in [9.17, 15) is 0 Å². The van der Waals surface area contributed by atoms with Crippen molar-refractivity contribution in [3.63, 3.8) is 0 Å². The summed E-state index contributed by atoms with van der Waals surface area (Å²) in [6.07, 6.45) is 3.97. The van der Waals surface area contributed by atoms with Crippen molar-refractivity contribution in [1.29, 1.82) is 0 Å². The van der Waals surface area contributed by atoms with Crippen molar-refractivity contribution in [1.82, 2.24) is 0 Å². The average molecular weight is 263 g/mol. The van der Waals surface area contributed by atoms with Crippen LogP contribution >= 0.6 is 0 Å². The van der Waals surface area contributed by atoms with E-state index in [-0.39, 0.29) is 0 Å². The standard InChI is InChI=1S/C19H21N/c1-5-15(4)18-12-11-17(13-19(18)20-6-2)16-9-7-14(3)8-10-16/h5-13H,1-4H3. The molecule has 20 heavy (non-hydrogen) atoms. The van der Waals surface area contributed by atoms with Gasteiger partial charge in [0.15, 0.2) is 0 Å². The third kappa shape index (κ3) is 3.05. The van der Waals surface area contributed by atoms with Crippen LogP contribution in [-0.4, -0.2) is 6.21 Å². The summed E-state index contributed by atoms with van der Waals surface area (Å²) in [5.74, 6) is 0. The number of allylic oxidation sites excluding steroid dienone is 2. The van der Waals surface area contributed by atoms with Gasteiger partial charge in [0.1, 0.15) is 0 Å². The van der Waals surface area contributed by atoms with Gasteiger partial charge in [-0.2, -0.15) is 0 Å². The molecule has 0 aliphatic carbocycles. The molecule has 0 saturated heterocycles. The van der Waals surface area contributed by atoms with E-state index >= 15 is 0 Å². The number of benzene rings is 2. The normalized spacial score (nSPS) is 12.1. The number of nitrogens with zero attached hydrogens (tertiary/aromatic N) is 1. The average Bonchev–Trinajstić information content (AvgIpc) is 2.47. The third-order valence-corrected chi connectivity index (χ3v) is 3.51. The maximum Gasteiger partial charge on any atom is 0.0706 e. The zero-order valence-electron chi connectivity index (χ0n) is 12.6. The Morgan fingerprint density at radius 3 is 2.20 bits per heavy atom. The largest absolute Gasteiger partial charge is 0.261 e. The lowest BCUT2D eigenvalue weighted by molar-refractivity contribution is 1.44. The lowest BCUT2D eigenvalue weighted by Crippen LogP contribution is -1.85. The Hall–Kier alpha value is -2.15. The predicted molar refractivity (Wildman–Crippen MR) is 89.8 cm³/mol. The minimum atomic E-state index is 1.03. The van der Waals surface area contributed by atoms with Crippen LogP contribution in [0.25, 0.3) is 16.7 Å². The molecule has 2 rings (SSSR count). The van der Waals surface area contributed by atoms with Gasteiger partial charge in [-0.25, -0.2) is 0 Å². The van der Waals surface area contributed by atoms with E-state index in [2.05, 4.69) is 74.3 Å². The summed E-state index contributed by atoms with van der Waals surface area (Å²) < 4.78 is 0. The van der Waals surface area contributed by atoms with Crippen LogP contribution in [0.5, 0.6) is 0 Å². The van der Waals surface area contributed by atoms with E-state index in [0.717, 1.165) is 5.69 Å². The van der Waals surface area contributed by atoms with E-state index < -0.39 is 0 Å². The quantitative estimate of drug-likeness (QED) is 0.620. The lowest BCUT2D eigenvalue weighted by Gasteiger charge is -2.09. The molecule has 0 N–H and O–H groups in total. The summed E-state index contributed by atoms with van der Waals surface area (Å²) in [5.41, 5.74) is 7.19. The molecule has 0 aromatic heterocycles. The zero-order chi connectivity index (χ0) is 14.5. The highest BCUT2D eigenvalue weighted by Crippen LogP contribution is 2.31. The van der Waals surface area contributed by atoms with Gasteiger partial charge in [0.2, 0.25) is 0 Å². The van der Waals surface area contributed by atoms with Crippen molar-refractivity contribution >= 4 is 17.5 Å². The molecular weight excluding hydrogens is 242 g/mol. The van der Waals surface area contributed by atoms with Gasteiger partial charge < -0.3 is 0 Å². The molecule has 0 aliphatic heterocycles. The molecule has 0 bridgehead atoms. The first-order chi connectivity index (χ1) is 9.65. The second-order valence-electron chi connectivity index (χ2n) is 4.96. The van der Waals surface area contributed by atoms with Gasteiger partial charge in [-0.1, -0.05) is 48.0 Å². The van der Waals surface area contributed by atoms with Crippen molar-refractivity contribution in [3.8, 4) is 11.1 Å². The maximum absolute atomic E-state index is 4.51. The van der Waals surface area contributed by atoms with Crippen molar-refractivity contribution in [2.75, 3.05) is 0 Å². The number of hydrogen-bond acceptors (Lipinski definition) is 1. The second-order valence-corrected chi connectivity index (χ2v) is 4.96. The molecule has 0 aliphatic rings. The predicted octanol–water partition coefficient (Wildman–Crippen LogP) is 5.81. The molecule has 0 saturated carbocycles. The van der Waals surface area contributed by atoms with Gasteiger partial charge in [-0.05, 0) is 50.5 Å². The number of aliphatic imine (C=N–C) groups is 1. The molecule has 0 fully saturated rings. The first-order valence-corrected chi connectivity index (χ1v) is 6.98. The molecule has 2 aromatic carbocycles. The summed E-state index contributed by atoms with van der Waals surface area (Å²) in [4.78, 5) is 4.51. The highest BCUT2D eigenvalue weighted by atomic mass is 14.7. The van der Waals surface area contributed by atoms with Gasteiger partial charge in [0.25, 0.3) is 0 Å². The Balaban J connectivity index is 2.52. The summed E-state index contributed by atoms with van der Waals surface area (Å²) in [6, 6.07) is 15.1. The van der Waals surface area contributed by atoms with Gasteiger partial charge in [0.05, 0.1) is 5.69 Å². The Kier molecular flexibility index (Phi) is 4.52. The number of hydrogen-bond donors (Lipinski definition) is 0. The SMILES string of the molecule is CC=Nc1cc(-c2ccc(C)cc2)ccc1C(C)=CC. The summed E-state index contributed by atoms with van der Waals surface area (Å²) >= 11 is 0. The first kappa shape index (κ1) is 14.3. The Morgan fingerprint density at radius 1 is 0.950 bits per heavy atom. The fourth-order valence-electron chi connectivity index (χ4n) is 2.19. The first-order valence-electron chi connectivity index (χ1n) is 6.98. The maximum atomic E-state index is 4.51. The van der Waals surface area contributed by atoms with Crippen LogP contribution < -0.4 is 0 Å². The van der Waals surface area contributed by atoms with E-state index in [1.807, 2.05) is 13.1 Å². The number of aryl methyl sites for hydroxylation is 1. The molecule has 102 valence electrons. The summed E-state index contributed by atoms with van der Waals surface area (Å²) in [6.45, 7) is 8.24. The van der Waals surface area contributed by atoms with E-state index in [1.54, 1.807) is 0 Å². The molecule has 0 unspecified atom stereocenters. The monoisotopic (exact) mass is 263 g/mol. The van der Waals surface area contributed by atoms with Crippen LogP contribution in [0.1, 0.15) is 31.9 Å². The van der Waals surface area contributed by atoms with Gasteiger partial charge in [-0.3, -0.25) is 4.99 Å². The van der Waals surface area contributed by atoms with Crippen LogP contribution in [-0.2, 0) is 0 Å². The van der Waals surface area contributed by atoms with Gasteiger partial charge >= 0.3 is 0 Å². The molecule has 1 heteroatoms. The molecule has 0 spiro atoms. The third-order valence-electron chi connectivity index (χ3n) is 3.51. The zero-order valence-corrected chi connectivity index (χ0v) is 12.6. The Labute approximate surface area is 121 Å². The fraction of sp³-hybridized carbons (Fsp3) is 0.211. The lowest BCUT2D eigenvalue weighted by atomic mass is 9.98. The fourth-order valence-corrected chi connectivity index (χ4v) is 2.19. The Morgan fingerprint density at radius 2 is 1.60 bits per heavy atom. The topological polar surface area (TPSA) is 12.4 Å². The van der Waals surface area contributed by atoms with Crippen LogP contribution in [0.2, 0.25) is 0 Å². The second kappa shape index (κ2) is 6.33. The minimum absolute atomic E-state index is 1.03. The summed E-state index contributed by atoms with van der Waals surface area (Å²) in [7, 11) is 0. The highest BCUT2D eigenvalue weighted by Gasteiger charge is 2.05. The van der Waals surface area contributed by atoms with Crippen LogP contribution in [0.3, 0.4) is 0 Å². The van der Waals surface area contributed by atoms with Gasteiger partial charge in [-0.15, -0.1) is 0 Å². The van der Waals surface area contributed by atoms with E-state index in [0.29, 0.717) is 0 Å². The Bertz CT molecular complexity index is 646. The van der Waals surface area contributed by atoms with E-state index in [4.69, 9.17) is 0 Å². The minimum Gasteiger partial charge on any atom is -0.261 e. The van der Waals surface area contributed by atoms with Crippen LogP contribution in [0.4, 0.5) is 5.69 Å². The molecule has 1 nitrogen and oxygen atoms in total. The van der Waals surface area contributed by atoms with Crippen LogP contribution in [0.15, 0.2) is 53.5 Å². The van der Waals surface area contributed by atoms with Crippen LogP contribution in [0, 0.1) is 6.92 Å². The molecule has 0 radical (unpaired) electrons. The number of rotatable bonds is 3. The molecule has 0 atom stereocenters. The van der Waals surface area contributed by atoms with Crippen molar-refractivity contribution in [3.05, 3.63) is 59.7 Å². The van der Waals surface area contributed by atoms with E-state index in [1.165, 1.54) is 27.8 Å². The summed E-state index contributed by atoms with van der Waals surface area (Å²) in [5, 5.41) is 0. The molecule has 0 heterocycles. The molecule has 2 aromatic rings. The van der Waals surface area contributed by atoms with Crippen molar-refractivity contribution in [2.45, 2.75) is 27.7 Å². The van der Waals surface area contributed by atoms with Crippen molar-refractivity contribution < 1.29 is 0 Å².